The second kappa shape index (κ2) is 4.45. The van der Waals surface area contributed by atoms with E-state index in [1.54, 1.807) is 31.5 Å². The zero-order valence-corrected chi connectivity index (χ0v) is 7.56. The van der Waals surface area contributed by atoms with Crippen molar-refractivity contribution in [2.24, 2.45) is 0 Å². The molecule has 1 atom stereocenters. The molecule has 4 heteroatoms. The van der Waals surface area contributed by atoms with E-state index >= 15 is 0 Å². The van der Waals surface area contributed by atoms with Crippen LogP contribution < -0.4 is 4.74 Å². The Labute approximate surface area is 76.5 Å². The van der Waals surface area contributed by atoms with Crippen LogP contribution in [0.2, 0.25) is 0 Å². The minimum Gasteiger partial charge on any atom is -0.477 e. The minimum atomic E-state index is -0.603. The van der Waals surface area contributed by atoms with Gasteiger partial charge in [0.15, 0.2) is 6.10 Å². The van der Waals surface area contributed by atoms with Gasteiger partial charge in [-0.25, -0.2) is 4.79 Å². The molecule has 0 amide bonds. The van der Waals surface area contributed by atoms with Crippen molar-refractivity contribution in [2.45, 2.75) is 13.0 Å². The van der Waals surface area contributed by atoms with Crippen LogP contribution in [0.15, 0.2) is 24.5 Å². The fourth-order valence-electron chi connectivity index (χ4n) is 0.835. The third-order valence-corrected chi connectivity index (χ3v) is 1.48. The Bertz CT molecular complexity index is 273. The van der Waals surface area contributed by atoms with Crippen molar-refractivity contribution in [1.82, 2.24) is 4.98 Å². The number of hydrogen-bond donors (Lipinski definition) is 0. The van der Waals surface area contributed by atoms with E-state index in [0.717, 1.165) is 0 Å². The van der Waals surface area contributed by atoms with Crippen LogP contribution in [0, 0.1) is 0 Å². The third kappa shape index (κ3) is 2.74. The van der Waals surface area contributed by atoms with Crippen LogP contribution in [0.25, 0.3) is 0 Å². The van der Waals surface area contributed by atoms with Gasteiger partial charge in [0.25, 0.3) is 0 Å². The lowest BCUT2D eigenvalue weighted by Crippen LogP contribution is -2.24. The maximum Gasteiger partial charge on any atom is 0.346 e. The highest BCUT2D eigenvalue weighted by atomic mass is 16.6. The average Bonchev–Trinajstić information content (AvgIpc) is 2.18. The van der Waals surface area contributed by atoms with Crippen molar-refractivity contribution in [3.63, 3.8) is 0 Å². The largest absolute Gasteiger partial charge is 0.477 e. The number of rotatable bonds is 3. The van der Waals surface area contributed by atoms with Crippen LogP contribution in [0.1, 0.15) is 6.92 Å². The van der Waals surface area contributed by atoms with Crippen LogP contribution in [0.3, 0.4) is 0 Å². The molecule has 0 aromatic carbocycles. The summed E-state index contributed by atoms with van der Waals surface area (Å²) in [5.74, 6) is 0.157. The van der Waals surface area contributed by atoms with Crippen LogP contribution in [-0.4, -0.2) is 24.2 Å². The van der Waals surface area contributed by atoms with Gasteiger partial charge in [0.05, 0.1) is 13.3 Å². The van der Waals surface area contributed by atoms with E-state index in [4.69, 9.17) is 4.74 Å². The number of hydrogen-bond acceptors (Lipinski definition) is 4. The van der Waals surface area contributed by atoms with Gasteiger partial charge >= 0.3 is 5.97 Å². The van der Waals surface area contributed by atoms with Gasteiger partial charge < -0.3 is 9.47 Å². The van der Waals surface area contributed by atoms with Gasteiger partial charge in [0.2, 0.25) is 0 Å². The number of aromatic nitrogens is 1. The molecule has 1 rings (SSSR count). The highest BCUT2D eigenvalue weighted by Gasteiger charge is 2.14. The highest BCUT2D eigenvalue weighted by Crippen LogP contribution is 2.09. The second-order valence-corrected chi connectivity index (χ2v) is 2.47. The van der Waals surface area contributed by atoms with Crippen molar-refractivity contribution in [2.75, 3.05) is 7.11 Å². The van der Waals surface area contributed by atoms with Crippen LogP contribution in [0.5, 0.6) is 5.75 Å². The summed E-state index contributed by atoms with van der Waals surface area (Å²) in [6.45, 7) is 1.62. The molecule has 1 aromatic rings. The number of carbonyl (C=O) groups excluding carboxylic acids is 1. The summed E-state index contributed by atoms with van der Waals surface area (Å²) >= 11 is 0. The molecule has 0 aliphatic rings. The molecule has 13 heavy (non-hydrogen) atoms. The quantitative estimate of drug-likeness (QED) is 0.653. The van der Waals surface area contributed by atoms with Crippen molar-refractivity contribution >= 4 is 5.97 Å². The molecule has 4 nitrogen and oxygen atoms in total. The van der Waals surface area contributed by atoms with Gasteiger partial charge in [-0.15, -0.1) is 0 Å². The fraction of sp³-hybridized carbons (Fsp3) is 0.333. The van der Waals surface area contributed by atoms with Gasteiger partial charge in [0, 0.05) is 6.20 Å². The first-order valence-corrected chi connectivity index (χ1v) is 3.88. The highest BCUT2D eigenvalue weighted by molar-refractivity contribution is 5.74. The number of ether oxygens (including phenoxy) is 2. The van der Waals surface area contributed by atoms with E-state index in [1.165, 1.54) is 7.11 Å². The summed E-state index contributed by atoms with van der Waals surface area (Å²) in [6.07, 6.45) is 2.57. The molecule has 0 bridgehead atoms. The monoisotopic (exact) mass is 181 g/mol. The zero-order valence-electron chi connectivity index (χ0n) is 7.56. The maximum atomic E-state index is 10.9. The summed E-state index contributed by atoms with van der Waals surface area (Å²) in [5, 5.41) is 0. The van der Waals surface area contributed by atoms with Crippen LogP contribution in [-0.2, 0) is 9.53 Å². The summed E-state index contributed by atoms with van der Waals surface area (Å²) in [4.78, 5) is 14.8. The molecule has 0 saturated heterocycles. The summed E-state index contributed by atoms with van der Waals surface area (Å²) in [6, 6.07) is 3.46. The zero-order chi connectivity index (χ0) is 9.68. The molecule has 1 aromatic heterocycles. The molecule has 0 saturated carbocycles. The number of carbonyl (C=O) groups is 1. The topological polar surface area (TPSA) is 48.4 Å². The molecule has 0 spiro atoms. The van der Waals surface area contributed by atoms with Crippen molar-refractivity contribution in [3.8, 4) is 5.75 Å². The lowest BCUT2D eigenvalue weighted by Gasteiger charge is -2.11. The van der Waals surface area contributed by atoms with E-state index in [1.807, 2.05) is 0 Å². The molecular formula is C9H11NO3. The second-order valence-electron chi connectivity index (χ2n) is 2.47. The van der Waals surface area contributed by atoms with Gasteiger partial charge in [-0.3, -0.25) is 4.98 Å². The minimum absolute atomic E-state index is 0.399. The molecule has 0 radical (unpaired) electrons. The van der Waals surface area contributed by atoms with Gasteiger partial charge in [-0.2, -0.15) is 0 Å². The van der Waals surface area contributed by atoms with Gasteiger partial charge in [-0.05, 0) is 19.1 Å². The smallest absolute Gasteiger partial charge is 0.346 e. The first-order chi connectivity index (χ1) is 6.24. The molecule has 0 aliphatic carbocycles. The van der Waals surface area contributed by atoms with E-state index in [-0.39, 0.29) is 0 Å². The Balaban J connectivity index is 2.55. The average molecular weight is 181 g/mol. The Morgan fingerprint density at radius 2 is 2.38 bits per heavy atom. The number of esters is 1. The molecule has 1 heterocycles. The first kappa shape index (κ1) is 9.51. The first-order valence-electron chi connectivity index (χ1n) is 3.88. The Morgan fingerprint density at radius 3 is 2.92 bits per heavy atom. The maximum absolute atomic E-state index is 10.9. The Hall–Kier alpha value is -1.58. The fourth-order valence-corrected chi connectivity index (χ4v) is 0.835. The predicted octanol–water partition coefficient (Wildman–Crippen LogP) is 1.02. The standard InChI is InChI=1S/C9H11NO3/c1-7(9(11)12-2)13-8-4-3-5-10-6-8/h3-7H,1-2H3/t7-/m0/s1. The molecule has 0 N–H and O–H groups in total. The molecule has 70 valence electrons. The molecule has 0 fully saturated rings. The van der Waals surface area contributed by atoms with Gasteiger partial charge in [0.1, 0.15) is 5.75 Å². The molecule has 0 unspecified atom stereocenters. The Kier molecular flexibility index (Phi) is 3.25. The van der Waals surface area contributed by atoms with Crippen LogP contribution in [0.4, 0.5) is 0 Å². The summed E-state index contributed by atoms with van der Waals surface area (Å²) in [7, 11) is 1.32. The Morgan fingerprint density at radius 1 is 1.62 bits per heavy atom. The SMILES string of the molecule is COC(=O)[C@H](C)Oc1cccnc1. The number of pyridine rings is 1. The van der Waals surface area contributed by atoms with E-state index in [9.17, 15) is 4.79 Å². The van der Waals surface area contributed by atoms with Crippen molar-refractivity contribution < 1.29 is 14.3 Å². The van der Waals surface area contributed by atoms with E-state index < -0.39 is 12.1 Å². The summed E-state index contributed by atoms with van der Waals surface area (Å²) in [5.41, 5.74) is 0. The number of methoxy groups -OCH3 is 1. The van der Waals surface area contributed by atoms with Crippen molar-refractivity contribution in [1.29, 1.82) is 0 Å². The van der Waals surface area contributed by atoms with Crippen molar-refractivity contribution in [3.05, 3.63) is 24.5 Å². The van der Waals surface area contributed by atoms with Gasteiger partial charge in [-0.1, -0.05) is 0 Å². The molecular weight excluding hydrogens is 170 g/mol. The lowest BCUT2D eigenvalue weighted by atomic mass is 10.4. The predicted molar refractivity (Wildman–Crippen MR) is 46.3 cm³/mol. The van der Waals surface area contributed by atoms with Crippen LogP contribution >= 0.6 is 0 Å². The lowest BCUT2D eigenvalue weighted by molar-refractivity contribution is -0.147. The van der Waals surface area contributed by atoms with E-state index in [2.05, 4.69) is 9.72 Å². The normalized spacial score (nSPS) is 11.8. The van der Waals surface area contributed by atoms with E-state index in [0.29, 0.717) is 5.75 Å². The number of nitrogens with zero attached hydrogens (tertiary/aromatic N) is 1. The summed E-state index contributed by atoms with van der Waals surface area (Å²) < 4.78 is 9.73. The molecule has 0 aliphatic heterocycles. The third-order valence-electron chi connectivity index (χ3n) is 1.48.